The fourth-order valence-electron chi connectivity index (χ4n) is 10.8. The van der Waals surface area contributed by atoms with E-state index in [-0.39, 0.29) is 141 Å². The Morgan fingerprint density at radius 2 is 1.18 bits per heavy atom. The number of carbonyl (C=O) groups excluding carboxylic acids is 8. The van der Waals surface area contributed by atoms with E-state index in [0.717, 1.165) is 21.2 Å². The molecule has 4 fully saturated rings. The van der Waals surface area contributed by atoms with Crippen LogP contribution in [0.25, 0.3) is 21.8 Å². The number of nitrogens with one attached hydrogen (secondary N) is 4. The van der Waals surface area contributed by atoms with Crippen LogP contribution in [0.1, 0.15) is 84.2 Å². The van der Waals surface area contributed by atoms with Gasteiger partial charge in [0.15, 0.2) is 11.6 Å². The standard InChI is InChI=1S/C30H30ClF4N5O4.C25H21ClF2N4O4.C5H9F2N.ClH/c1-17(41)22-14-39(24-7-6-20(11-21(22)24)37-29(44)38-9-3-8-30(34,35)16-38)15-26(42)40-13-19(32)10-25(40)28(43)36-12-18-4-2-5-23(31)27(18)33;1-14(34)19-11-31(21-6-5-17(30-13-33)8-18(19)21)12-23(35)32-10-16(27)7-22(32)25(36)29-9-15-3-2-4-20(26)24(15)28;6-5(7)2-1-3-8-4-5;/h2,4-7,11,14,19,25H,3,8-10,12-13,15-16H2,1H3,(H,36,43)(H,37,44);2-6,8,11,16,22H,7,9-10,12H2,1H3,(H,29,36);8H,1-4H2;1H/t19-,25+;16-,22+;;/m11../s1. The molecular formula is C60H61Cl3F8N10O8. The molecule has 0 unspecified atom stereocenters. The lowest BCUT2D eigenvalue weighted by atomic mass is 10.1. The molecule has 0 aliphatic carbocycles. The number of aromatic nitrogens is 2. The van der Waals surface area contributed by atoms with E-state index in [9.17, 15) is 73.5 Å². The molecule has 476 valence electrons. The normalized spacial score (nSPS) is 19.2. The first-order valence-electron chi connectivity index (χ1n) is 27.9. The van der Waals surface area contributed by atoms with Crippen molar-refractivity contribution < 1.29 is 73.5 Å². The number of anilines is 1. The summed E-state index contributed by atoms with van der Waals surface area (Å²) in [5, 5.41) is 11.0. The lowest BCUT2D eigenvalue weighted by Crippen LogP contribution is -2.47. The summed E-state index contributed by atoms with van der Waals surface area (Å²) in [7, 11) is 0. The Hall–Kier alpha value is -7.90. The molecule has 4 N–H and O–H groups in total. The van der Waals surface area contributed by atoms with Crippen LogP contribution < -0.4 is 21.3 Å². The van der Waals surface area contributed by atoms with E-state index in [4.69, 9.17) is 23.2 Å². The van der Waals surface area contributed by atoms with Crippen molar-refractivity contribution in [1.82, 2.24) is 39.8 Å². The second kappa shape index (κ2) is 29.6. The van der Waals surface area contributed by atoms with Crippen molar-refractivity contribution >= 4 is 116 Å². The number of ketones is 2. The van der Waals surface area contributed by atoms with E-state index < -0.39 is 84.1 Å². The molecule has 89 heavy (non-hydrogen) atoms. The SMILES string of the molecule is CC(=O)c1cn(CC(=O)N2C[C@H](F)C[C@H]2C(=O)NCc2cccc(Cl)c2F)c2ccc(N=C=O)cc12.CC(=O)c1cn(CC(=O)N2C[C@H](F)C[C@H]2C(=O)NCc2cccc(Cl)c2F)c2ccc(NC(=O)N3CCCC(F)(F)C3)cc12.Cl.FC1(F)CCCNC1. The molecule has 0 bridgehead atoms. The third-order valence-electron chi connectivity index (χ3n) is 15.2. The molecule has 18 nitrogen and oxygen atoms in total. The van der Waals surface area contributed by atoms with Gasteiger partial charge in [-0.25, -0.2) is 44.7 Å². The van der Waals surface area contributed by atoms with Gasteiger partial charge in [0.1, 0.15) is 49.2 Å². The van der Waals surface area contributed by atoms with Gasteiger partial charge in [0.25, 0.3) is 11.8 Å². The molecule has 4 aromatic carbocycles. The van der Waals surface area contributed by atoms with Gasteiger partial charge in [-0.15, -0.1) is 12.4 Å². The Labute approximate surface area is 520 Å². The number of Topliss-reactive ketones (excluding diaryl/α,β-unsaturated/α-hetero) is 2. The number of aliphatic imine (C=N–C) groups is 1. The number of nitrogens with zero attached hydrogens (tertiary/aromatic N) is 6. The lowest BCUT2D eigenvalue weighted by Gasteiger charge is -2.32. The summed E-state index contributed by atoms with van der Waals surface area (Å²) in [6.07, 6.45) is 1.69. The highest BCUT2D eigenvalue weighted by Crippen LogP contribution is 2.32. The molecule has 2 aromatic heterocycles. The van der Waals surface area contributed by atoms with E-state index in [1.54, 1.807) is 18.2 Å². The number of urea groups is 1. The Balaban J connectivity index is 0.000000226. The maximum Gasteiger partial charge on any atom is 0.322 e. The molecule has 6 aromatic rings. The molecule has 6 amide bonds. The average Bonchev–Trinajstić information content (AvgIpc) is 3.32. The summed E-state index contributed by atoms with van der Waals surface area (Å²) in [4.78, 5) is 107. The van der Waals surface area contributed by atoms with Crippen LogP contribution in [0, 0.1) is 11.6 Å². The number of benzene rings is 4. The molecule has 0 saturated carbocycles. The van der Waals surface area contributed by atoms with Gasteiger partial charge in [-0.05, 0) is 81.8 Å². The predicted octanol–water partition coefficient (Wildman–Crippen LogP) is 10.4. The van der Waals surface area contributed by atoms with Crippen molar-refractivity contribution in [3.63, 3.8) is 0 Å². The van der Waals surface area contributed by atoms with Crippen molar-refractivity contribution in [1.29, 1.82) is 0 Å². The molecule has 10 rings (SSSR count). The van der Waals surface area contributed by atoms with Gasteiger partial charge in [0.2, 0.25) is 29.7 Å². The molecule has 4 aliphatic rings. The van der Waals surface area contributed by atoms with Crippen LogP contribution in [0.4, 0.5) is 51.3 Å². The fraction of sp³-hybridized carbons (Fsp3) is 0.400. The highest BCUT2D eigenvalue weighted by atomic mass is 35.5. The second-order valence-corrected chi connectivity index (χ2v) is 22.5. The zero-order valence-electron chi connectivity index (χ0n) is 47.8. The number of rotatable bonds is 14. The number of hydrogen-bond donors (Lipinski definition) is 4. The minimum Gasteiger partial charge on any atom is -0.350 e. The first-order valence-corrected chi connectivity index (χ1v) is 28.6. The van der Waals surface area contributed by atoms with Crippen molar-refractivity contribution in [3.05, 3.63) is 129 Å². The summed E-state index contributed by atoms with van der Waals surface area (Å²) >= 11 is 11.6. The van der Waals surface area contributed by atoms with Crippen LogP contribution in [0.3, 0.4) is 0 Å². The summed E-state index contributed by atoms with van der Waals surface area (Å²) in [6, 6.07) is 15.1. The van der Waals surface area contributed by atoms with E-state index in [2.05, 4.69) is 26.3 Å². The largest absolute Gasteiger partial charge is 0.350 e. The number of halogens is 11. The summed E-state index contributed by atoms with van der Waals surface area (Å²) in [5.74, 6) is -9.67. The molecule has 4 atom stereocenters. The molecule has 0 radical (unpaired) electrons. The van der Waals surface area contributed by atoms with Crippen LogP contribution in [0.5, 0.6) is 0 Å². The van der Waals surface area contributed by atoms with Gasteiger partial charge in [-0.2, -0.15) is 4.99 Å². The maximum absolute atomic E-state index is 14.5. The number of hydrogen-bond acceptors (Lipinski definition) is 10. The molecule has 29 heteroatoms. The number of amides is 6. The van der Waals surface area contributed by atoms with Crippen molar-refractivity contribution in [2.24, 2.45) is 4.99 Å². The van der Waals surface area contributed by atoms with Gasteiger partial charge in [-0.1, -0.05) is 47.5 Å². The fourth-order valence-corrected chi connectivity index (χ4v) is 11.2. The minimum absolute atomic E-state index is 0. The van der Waals surface area contributed by atoms with Crippen LogP contribution in [0.15, 0.2) is 90.2 Å². The number of isocyanates is 1. The molecular weight excluding hydrogens is 1250 g/mol. The van der Waals surface area contributed by atoms with Crippen LogP contribution >= 0.6 is 35.6 Å². The van der Waals surface area contributed by atoms with E-state index in [0.29, 0.717) is 39.5 Å². The minimum atomic E-state index is -2.96. The van der Waals surface area contributed by atoms with E-state index >= 15 is 0 Å². The summed E-state index contributed by atoms with van der Waals surface area (Å²) < 4.78 is 112. The molecule has 4 aliphatic heterocycles. The van der Waals surface area contributed by atoms with Crippen molar-refractivity contribution in [2.75, 3.05) is 44.6 Å². The quantitative estimate of drug-likeness (QED) is 0.0353. The molecule has 4 saturated heterocycles. The second-order valence-electron chi connectivity index (χ2n) is 21.7. The third-order valence-corrected chi connectivity index (χ3v) is 15.8. The number of likely N-dealkylation sites (tertiary alicyclic amines) is 3. The van der Waals surface area contributed by atoms with Crippen LogP contribution in [0.2, 0.25) is 10.0 Å². The third kappa shape index (κ3) is 17.1. The maximum atomic E-state index is 14.5. The van der Waals surface area contributed by atoms with Crippen molar-refractivity contribution in [2.45, 2.75) is 115 Å². The Bertz CT molecular complexity index is 3710. The lowest BCUT2D eigenvalue weighted by molar-refractivity contribution is -0.139. The van der Waals surface area contributed by atoms with Gasteiger partial charge >= 0.3 is 6.03 Å². The monoisotopic (exact) mass is 1310 g/mol. The number of piperidine rings is 2. The van der Waals surface area contributed by atoms with E-state index in [1.165, 1.54) is 96.1 Å². The summed E-state index contributed by atoms with van der Waals surface area (Å²) in [6.45, 7) is 1.29. The first kappa shape index (κ1) is 68.6. The van der Waals surface area contributed by atoms with Crippen molar-refractivity contribution in [3.8, 4) is 0 Å². The van der Waals surface area contributed by atoms with Crippen LogP contribution in [-0.2, 0) is 50.2 Å². The highest BCUT2D eigenvalue weighted by Gasteiger charge is 2.42. The first-order chi connectivity index (χ1) is 41.7. The predicted molar refractivity (Wildman–Crippen MR) is 317 cm³/mol. The Kier molecular flexibility index (Phi) is 22.8. The topological polar surface area (TPSA) is 217 Å². The number of fused-ring (bicyclic) bond motifs is 2. The van der Waals surface area contributed by atoms with Gasteiger partial charge in [-0.3, -0.25) is 28.8 Å². The Morgan fingerprint density at radius 3 is 1.63 bits per heavy atom. The zero-order valence-corrected chi connectivity index (χ0v) is 50.2. The van der Waals surface area contributed by atoms with Gasteiger partial charge in [0.05, 0.1) is 41.9 Å². The Morgan fingerprint density at radius 1 is 0.685 bits per heavy atom. The smallest absolute Gasteiger partial charge is 0.322 e. The van der Waals surface area contributed by atoms with Gasteiger partial charge in [0, 0.05) is 107 Å². The molecule has 0 spiro atoms. The van der Waals surface area contributed by atoms with Crippen LogP contribution in [-0.4, -0.2) is 147 Å². The average molecular weight is 1310 g/mol. The highest BCUT2D eigenvalue weighted by molar-refractivity contribution is 6.31. The van der Waals surface area contributed by atoms with Gasteiger partial charge < -0.3 is 45.1 Å². The summed E-state index contributed by atoms with van der Waals surface area (Å²) in [5.41, 5.74) is 2.44. The molecule has 6 heterocycles. The zero-order chi connectivity index (χ0) is 63.8. The van der Waals surface area contributed by atoms with E-state index in [1.807, 2.05) is 0 Å². The number of carbonyl (C=O) groups is 7. The number of alkyl halides is 6.